The molecule has 21 heavy (non-hydrogen) atoms. The van der Waals surface area contributed by atoms with Crippen LogP contribution in [0.4, 0.5) is 5.95 Å². The van der Waals surface area contributed by atoms with E-state index in [0.29, 0.717) is 17.9 Å². The van der Waals surface area contributed by atoms with Gasteiger partial charge in [-0.3, -0.25) is 0 Å². The zero-order valence-corrected chi connectivity index (χ0v) is 12.2. The average Bonchev–Trinajstić information content (AvgIpc) is 2.56. The summed E-state index contributed by atoms with van der Waals surface area (Å²) >= 11 is 0. The van der Waals surface area contributed by atoms with Gasteiger partial charge >= 0.3 is 0 Å². The lowest BCUT2D eigenvalue weighted by atomic mass is 9.96. The molecule has 0 bridgehead atoms. The average molecular weight is 284 g/mol. The first-order chi connectivity index (χ1) is 10.4. The number of methoxy groups -OCH3 is 1. The van der Waals surface area contributed by atoms with Gasteiger partial charge in [0.05, 0.1) is 18.4 Å². The summed E-state index contributed by atoms with van der Waals surface area (Å²) in [4.78, 5) is 13.2. The van der Waals surface area contributed by atoms with E-state index in [0.717, 1.165) is 11.3 Å². The Morgan fingerprint density at radius 3 is 2.76 bits per heavy atom. The van der Waals surface area contributed by atoms with Crippen molar-refractivity contribution in [3.8, 4) is 17.1 Å². The fraction of sp³-hybridized carbons (Fsp3) is 0.438. The van der Waals surface area contributed by atoms with Crippen LogP contribution < -0.4 is 10.1 Å². The smallest absolute Gasteiger partial charge is 0.223 e. The van der Waals surface area contributed by atoms with Crippen molar-refractivity contribution in [2.75, 3.05) is 12.4 Å². The maximum Gasteiger partial charge on any atom is 0.223 e. The molecule has 1 fully saturated rings. The van der Waals surface area contributed by atoms with Gasteiger partial charge in [-0.05, 0) is 31.0 Å². The summed E-state index contributed by atoms with van der Waals surface area (Å²) in [5, 5.41) is 3.45. The maximum atomic E-state index is 5.30. The van der Waals surface area contributed by atoms with Gasteiger partial charge in [0.15, 0.2) is 0 Å². The van der Waals surface area contributed by atoms with Crippen molar-refractivity contribution in [2.24, 2.45) is 0 Å². The molecular formula is C16H20N4O. The molecule has 1 aliphatic rings. The Morgan fingerprint density at radius 1 is 1.10 bits per heavy atom. The van der Waals surface area contributed by atoms with E-state index in [1.54, 1.807) is 19.5 Å². The SMILES string of the molecule is COc1ncccc1-c1ccnc(NC2CCCCC2)n1. The molecule has 0 saturated heterocycles. The minimum Gasteiger partial charge on any atom is -0.481 e. The minimum absolute atomic E-state index is 0.491. The Morgan fingerprint density at radius 2 is 1.95 bits per heavy atom. The summed E-state index contributed by atoms with van der Waals surface area (Å²) in [6, 6.07) is 6.21. The second kappa shape index (κ2) is 6.52. The fourth-order valence-electron chi connectivity index (χ4n) is 2.76. The van der Waals surface area contributed by atoms with E-state index in [4.69, 9.17) is 4.74 Å². The van der Waals surface area contributed by atoms with Gasteiger partial charge in [-0.1, -0.05) is 19.3 Å². The third kappa shape index (κ3) is 3.29. The zero-order chi connectivity index (χ0) is 14.5. The van der Waals surface area contributed by atoms with Gasteiger partial charge < -0.3 is 10.1 Å². The Hall–Kier alpha value is -2.17. The molecule has 5 heteroatoms. The van der Waals surface area contributed by atoms with Gasteiger partial charge in [-0.25, -0.2) is 15.0 Å². The molecule has 3 rings (SSSR count). The van der Waals surface area contributed by atoms with E-state index >= 15 is 0 Å². The predicted octanol–water partition coefficient (Wildman–Crippen LogP) is 3.29. The summed E-state index contributed by atoms with van der Waals surface area (Å²) in [5.74, 6) is 1.27. The highest BCUT2D eigenvalue weighted by Gasteiger charge is 2.15. The summed E-state index contributed by atoms with van der Waals surface area (Å²) in [7, 11) is 1.62. The number of hydrogen-bond donors (Lipinski definition) is 1. The fourth-order valence-corrected chi connectivity index (χ4v) is 2.76. The summed E-state index contributed by atoms with van der Waals surface area (Å²) < 4.78 is 5.30. The van der Waals surface area contributed by atoms with Crippen molar-refractivity contribution >= 4 is 5.95 Å². The molecule has 2 heterocycles. The molecule has 0 unspecified atom stereocenters. The number of pyridine rings is 1. The second-order valence-electron chi connectivity index (χ2n) is 5.30. The number of nitrogens with one attached hydrogen (secondary N) is 1. The lowest BCUT2D eigenvalue weighted by molar-refractivity contribution is 0.399. The molecule has 1 saturated carbocycles. The molecule has 0 amide bonds. The number of rotatable bonds is 4. The molecule has 0 radical (unpaired) electrons. The summed E-state index contributed by atoms with van der Waals surface area (Å²) in [6.45, 7) is 0. The van der Waals surface area contributed by atoms with Gasteiger partial charge in [0.25, 0.3) is 0 Å². The first-order valence-corrected chi connectivity index (χ1v) is 7.46. The van der Waals surface area contributed by atoms with Crippen molar-refractivity contribution in [2.45, 2.75) is 38.1 Å². The van der Waals surface area contributed by atoms with Gasteiger partial charge in [0.1, 0.15) is 0 Å². The largest absolute Gasteiger partial charge is 0.481 e. The van der Waals surface area contributed by atoms with Crippen LogP contribution in [-0.2, 0) is 0 Å². The third-order valence-electron chi connectivity index (χ3n) is 3.83. The third-order valence-corrected chi connectivity index (χ3v) is 3.83. The predicted molar refractivity (Wildman–Crippen MR) is 82.3 cm³/mol. The molecule has 0 aromatic carbocycles. The van der Waals surface area contributed by atoms with Gasteiger partial charge in [0, 0.05) is 18.4 Å². The summed E-state index contributed by atoms with van der Waals surface area (Å²) in [5.41, 5.74) is 1.71. The second-order valence-corrected chi connectivity index (χ2v) is 5.30. The van der Waals surface area contributed by atoms with Crippen molar-refractivity contribution in [1.29, 1.82) is 0 Å². The maximum absolute atomic E-state index is 5.30. The molecule has 1 N–H and O–H groups in total. The Balaban J connectivity index is 1.82. The standard InChI is InChI=1S/C16H20N4O/c1-21-15-13(8-5-10-17-15)14-9-11-18-16(20-14)19-12-6-3-2-4-7-12/h5,8-12H,2-4,6-7H2,1H3,(H,18,19,20). The highest BCUT2D eigenvalue weighted by molar-refractivity contribution is 5.65. The van der Waals surface area contributed by atoms with E-state index in [9.17, 15) is 0 Å². The Bertz CT molecular complexity index is 596. The van der Waals surface area contributed by atoms with Crippen LogP contribution in [0.25, 0.3) is 11.3 Å². The van der Waals surface area contributed by atoms with Crippen molar-refractivity contribution in [1.82, 2.24) is 15.0 Å². The van der Waals surface area contributed by atoms with E-state index in [1.165, 1.54) is 32.1 Å². The molecule has 0 atom stereocenters. The molecule has 5 nitrogen and oxygen atoms in total. The lowest BCUT2D eigenvalue weighted by Crippen LogP contribution is -2.23. The van der Waals surface area contributed by atoms with Crippen LogP contribution in [0.5, 0.6) is 5.88 Å². The zero-order valence-electron chi connectivity index (χ0n) is 12.2. The van der Waals surface area contributed by atoms with Gasteiger partial charge in [0.2, 0.25) is 11.8 Å². The summed E-state index contributed by atoms with van der Waals surface area (Å²) in [6.07, 6.45) is 9.80. The topological polar surface area (TPSA) is 59.9 Å². The molecule has 2 aromatic rings. The monoisotopic (exact) mass is 284 g/mol. The number of anilines is 1. The normalized spacial score (nSPS) is 15.7. The van der Waals surface area contributed by atoms with Gasteiger partial charge in [-0.15, -0.1) is 0 Å². The molecule has 2 aromatic heterocycles. The van der Waals surface area contributed by atoms with Crippen LogP contribution in [0.15, 0.2) is 30.6 Å². The Kier molecular flexibility index (Phi) is 4.28. The van der Waals surface area contributed by atoms with E-state index < -0.39 is 0 Å². The highest BCUT2D eigenvalue weighted by Crippen LogP contribution is 2.26. The molecule has 110 valence electrons. The van der Waals surface area contributed by atoms with Crippen LogP contribution in [0.3, 0.4) is 0 Å². The number of ether oxygens (including phenoxy) is 1. The van der Waals surface area contributed by atoms with E-state index in [2.05, 4.69) is 20.3 Å². The van der Waals surface area contributed by atoms with Crippen LogP contribution >= 0.6 is 0 Å². The Labute approximate surface area is 124 Å². The molecule has 0 spiro atoms. The van der Waals surface area contributed by atoms with E-state index in [-0.39, 0.29) is 0 Å². The number of hydrogen-bond acceptors (Lipinski definition) is 5. The molecule has 1 aliphatic carbocycles. The quantitative estimate of drug-likeness (QED) is 0.933. The van der Waals surface area contributed by atoms with Crippen LogP contribution in [0.1, 0.15) is 32.1 Å². The minimum atomic E-state index is 0.491. The van der Waals surface area contributed by atoms with Gasteiger partial charge in [-0.2, -0.15) is 0 Å². The van der Waals surface area contributed by atoms with Crippen LogP contribution in [0.2, 0.25) is 0 Å². The molecule has 0 aliphatic heterocycles. The van der Waals surface area contributed by atoms with Crippen molar-refractivity contribution in [3.05, 3.63) is 30.6 Å². The first-order valence-electron chi connectivity index (χ1n) is 7.46. The molecular weight excluding hydrogens is 264 g/mol. The van der Waals surface area contributed by atoms with Crippen molar-refractivity contribution < 1.29 is 4.74 Å². The first kappa shape index (κ1) is 13.8. The lowest BCUT2D eigenvalue weighted by Gasteiger charge is -2.22. The number of aromatic nitrogens is 3. The van der Waals surface area contributed by atoms with Crippen LogP contribution in [0, 0.1) is 0 Å². The van der Waals surface area contributed by atoms with E-state index in [1.807, 2.05) is 18.2 Å². The number of nitrogens with zero attached hydrogens (tertiary/aromatic N) is 3. The van der Waals surface area contributed by atoms with Crippen LogP contribution in [-0.4, -0.2) is 28.1 Å². The highest BCUT2D eigenvalue weighted by atomic mass is 16.5. The van der Waals surface area contributed by atoms with Crippen molar-refractivity contribution in [3.63, 3.8) is 0 Å².